The van der Waals surface area contributed by atoms with E-state index in [0.717, 1.165) is 46.3 Å². The molecule has 0 radical (unpaired) electrons. The van der Waals surface area contributed by atoms with Crippen LogP contribution in [0.1, 0.15) is 47.9 Å². The number of hydrogen-bond donors (Lipinski definition) is 3. The van der Waals surface area contributed by atoms with E-state index in [1.807, 2.05) is 68.8 Å². The lowest BCUT2D eigenvalue weighted by atomic mass is 9.96. The van der Waals surface area contributed by atoms with E-state index in [1.54, 1.807) is 6.92 Å². The normalized spacial score (nSPS) is 13.4. The molecule has 0 aliphatic carbocycles. The molecule has 2 heterocycles. The number of aryl methyl sites for hydroxylation is 3. The minimum atomic E-state index is -1.08. The maximum absolute atomic E-state index is 11.0. The molecule has 0 aliphatic heterocycles. The Morgan fingerprint density at radius 2 is 1.84 bits per heavy atom. The number of furan rings is 1. The monoisotopic (exact) mass is 551 g/mol. The molecule has 1 unspecified atom stereocenters. The van der Waals surface area contributed by atoms with Gasteiger partial charge in [0.05, 0.1) is 24.5 Å². The van der Waals surface area contributed by atoms with Gasteiger partial charge in [0, 0.05) is 23.4 Å². The van der Waals surface area contributed by atoms with Gasteiger partial charge in [0.1, 0.15) is 17.1 Å². The Kier molecular flexibility index (Phi) is 8.91. The number of aliphatic imine (C=N–C) groups is 1. The van der Waals surface area contributed by atoms with Crippen molar-refractivity contribution in [2.24, 2.45) is 4.99 Å². The predicted octanol–water partition coefficient (Wildman–Crippen LogP) is 4.28. The molecule has 3 N–H and O–H groups in total. The summed E-state index contributed by atoms with van der Waals surface area (Å²) in [5.41, 5.74) is 3.85. The molecule has 0 bridgehead atoms. The lowest BCUT2D eigenvalue weighted by molar-refractivity contribution is 0.0601. The van der Waals surface area contributed by atoms with Gasteiger partial charge in [-0.3, -0.25) is 0 Å². The molecule has 7 nitrogen and oxygen atoms in total. The fourth-order valence-electron chi connectivity index (χ4n) is 3.74. The lowest BCUT2D eigenvalue weighted by Crippen LogP contribution is -2.44. The molecule has 32 heavy (non-hydrogen) atoms. The number of rotatable bonds is 7. The number of nitrogens with zero attached hydrogens (tertiary/aromatic N) is 3. The van der Waals surface area contributed by atoms with Crippen molar-refractivity contribution >= 4 is 29.9 Å². The highest BCUT2D eigenvalue weighted by Gasteiger charge is 2.28. The number of halogens is 1. The van der Waals surface area contributed by atoms with E-state index in [1.165, 1.54) is 0 Å². The van der Waals surface area contributed by atoms with E-state index in [9.17, 15) is 5.11 Å². The molecule has 3 aromatic rings. The Bertz CT molecular complexity index is 1050. The van der Waals surface area contributed by atoms with Crippen molar-refractivity contribution < 1.29 is 9.52 Å². The summed E-state index contributed by atoms with van der Waals surface area (Å²) in [4.78, 5) is 4.74. The Labute approximate surface area is 207 Å². The molecule has 0 fully saturated rings. The molecule has 0 saturated heterocycles. The first-order chi connectivity index (χ1) is 14.7. The summed E-state index contributed by atoms with van der Waals surface area (Å²) >= 11 is 0. The third kappa shape index (κ3) is 5.92. The molecule has 3 rings (SSSR count). The SMILES string of the molecule is CCNC(=NCc1c(C)nn(-c2ccccc2)c1C)NCC(C)(O)c1cc(C)oc1C.I. The first kappa shape index (κ1) is 25.9. The second-order valence-corrected chi connectivity index (χ2v) is 8.05. The Morgan fingerprint density at radius 3 is 2.44 bits per heavy atom. The second-order valence-electron chi connectivity index (χ2n) is 8.05. The Hall–Kier alpha value is -2.33. The van der Waals surface area contributed by atoms with Crippen molar-refractivity contribution in [1.82, 2.24) is 20.4 Å². The van der Waals surface area contributed by atoms with E-state index >= 15 is 0 Å². The predicted molar refractivity (Wildman–Crippen MR) is 139 cm³/mol. The number of para-hydroxylation sites is 1. The average molecular weight is 551 g/mol. The highest BCUT2D eigenvalue weighted by Crippen LogP contribution is 2.26. The average Bonchev–Trinajstić information content (AvgIpc) is 3.23. The van der Waals surface area contributed by atoms with Gasteiger partial charge >= 0.3 is 0 Å². The summed E-state index contributed by atoms with van der Waals surface area (Å²) in [6, 6.07) is 12.0. The zero-order valence-corrected chi connectivity index (χ0v) is 22.0. The third-order valence-corrected chi connectivity index (χ3v) is 5.40. The molecule has 174 valence electrons. The number of aliphatic hydroxyl groups is 1. The summed E-state index contributed by atoms with van der Waals surface area (Å²) in [5, 5.41) is 22.2. The van der Waals surface area contributed by atoms with Crippen molar-refractivity contribution in [3.63, 3.8) is 0 Å². The van der Waals surface area contributed by atoms with Crippen molar-refractivity contribution in [2.75, 3.05) is 13.1 Å². The molecule has 0 aliphatic rings. The highest BCUT2D eigenvalue weighted by atomic mass is 127. The molecule has 1 atom stereocenters. The summed E-state index contributed by atoms with van der Waals surface area (Å²) in [5.74, 6) is 2.16. The lowest BCUT2D eigenvalue weighted by Gasteiger charge is -2.24. The van der Waals surface area contributed by atoms with E-state index in [2.05, 4.69) is 17.6 Å². The first-order valence-electron chi connectivity index (χ1n) is 10.7. The minimum absolute atomic E-state index is 0. The zero-order chi connectivity index (χ0) is 22.6. The van der Waals surface area contributed by atoms with Crippen molar-refractivity contribution in [3.05, 3.63) is 70.4 Å². The van der Waals surface area contributed by atoms with Gasteiger partial charge in [-0.25, -0.2) is 9.67 Å². The van der Waals surface area contributed by atoms with Gasteiger partial charge in [0.2, 0.25) is 0 Å². The van der Waals surface area contributed by atoms with Crippen LogP contribution in [0.25, 0.3) is 5.69 Å². The molecule has 0 spiro atoms. The zero-order valence-electron chi connectivity index (χ0n) is 19.7. The fourth-order valence-corrected chi connectivity index (χ4v) is 3.74. The van der Waals surface area contributed by atoms with Crippen LogP contribution in [-0.2, 0) is 12.1 Å². The van der Waals surface area contributed by atoms with Gasteiger partial charge < -0.3 is 20.2 Å². The number of nitrogens with one attached hydrogen (secondary N) is 2. The van der Waals surface area contributed by atoms with Crippen LogP contribution in [0.4, 0.5) is 0 Å². The standard InChI is InChI=1S/C24H33N5O2.HI/c1-7-25-23(27-15-24(6,30)22-13-16(2)31-19(22)5)26-14-21-17(3)28-29(18(21)4)20-11-9-8-10-12-20;/h8-13,30H,7,14-15H2,1-6H3,(H2,25,26,27);1H. The van der Waals surface area contributed by atoms with Gasteiger partial charge in [-0.2, -0.15) is 5.10 Å². The Balaban J connectivity index is 0.00000363. The van der Waals surface area contributed by atoms with Crippen molar-refractivity contribution in [2.45, 2.75) is 53.7 Å². The van der Waals surface area contributed by atoms with Crippen molar-refractivity contribution in [1.29, 1.82) is 0 Å². The van der Waals surface area contributed by atoms with Gasteiger partial charge in [-0.1, -0.05) is 18.2 Å². The molecular formula is C24H34IN5O2. The summed E-state index contributed by atoms with van der Waals surface area (Å²) in [6.07, 6.45) is 0. The second kappa shape index (κ2) is 11.0. The quantitative estimate of drug-likeness (QED) is 0.232. The molecule has 0 amide bonds. The molecule has 2 aromatic heterocycles. The van der Waals surface area contributed by atoms with E-state index < -0.39 is 5.60 Å². The fraction of sp³-hybridized carbons (Fsp3) is 0.417. The maximum Gasteiger partial charge on any atom is 0.191 e. The maximum atomic E-state index is 11.0. The number of aromatic nitrogens is 2. The van der Waals surface area contributed by atoms with Gasteiger partial charge in [0.15, 0.2) is 5.96 Å². The van der Waals surface area contributed by atoms with Crippen LogP contribution < -0.4 is 10.6 Å². The largest absolute Gasteiger partial charge is 0.466 e. The highest BCUT2D eigenvalue weighted by molar-refractivity contribution is 14.0. The van der Waals surface area contributed by atoms with Crippen LogP contribution in [0.15, 0.2) is 45.8 Å². The van der Waals surface area contributed by atoms with E-state index in [0.29, 0.717) is 19.0 Å². The van der Waals surface area contributed by atoms with E-state index in [4.69, 9.17) is 14.5 Å². The molecule has 0 saturated carbocycles. The van der Waals surface area contributed by atoms with Gasteiger partial charge in [0.25, 0.3) is 0 Å². The summed E-state index contributed by atoms with van der Waals surface area (Å²) < 4.78 is 7.54. The van der Waals surface area contributed by atoms with Crippen LogP contribution in [0.3, 0.4) is 0 Å². The van der Waals surface area contributed by atoms with Crippen LogP contribution in [0, 0.1) is 27.7 Å². The van der Waals surface area contributed by atoms with Crippen molar-refractivity contribution in [3.8, 4) is 5.69 Å². The Morgan fingerprint density at radius 1 is 1.16 bits per heavy atom. The van der Waals surface area contributed by atoms with Gasteiger partial charge in [-0.15, -0.1) is 24.0 Å². The van der Waals surface area contributed by atoms with Gasteiger partial charge in [-0.05, 0) is 59.7 Å². The third-order valence-electron chi connectivity index (χ3n) is 5.40. The number of benzene rings is 1. The molecule has 8 heteroatoms. The molecule has 1 aromatic carbocycles. The van der Waals surface area contributed by atoms with E-state index in [-0.39, 0.29) is 24.0 Å². The number of guanidine groups is 1. The van der Waals surface area contributed by atoms with Crippen LogP contribution in [-0.4, -0.2) is 33.9 Å². The summed E-state index contributed by atoms with van der Waals surface area (Å²) in [6.45, 7) is 13.1. The smallest absolute Gasteiger partial charge is 0.191 e. The number of hydrogen-bond acceptors (Lipinski definition) is 4. The minimum Gasteiger partial charge on any atom is -0.466 e. The van der Waals surface area contributed by atoms with Crippen LogP contribution >= 0.6 is 24.0 Å². The van der Waals surface area contributed by atoms with Crippen LogP contribution in [0.5, 0.6) is 0 Å². The molecular weight excluding hydrogens is 517 g/mol. The topological polar surface area (TPSA) is 87.6 Å². The first-order valence-corrected chi connectivity index (χ1v) is 10.7. The van der Waals surface area contributed by atoms with Crippen LogP contribution in [0.2, 0.25) is 0 Å². The summed E-state index contributed by atoms with van der Waals surface area (Å²) in [7, 11) is 0.